The summed E-state index contributed by atoms with van der Waals surface area (Å²) in [7, 11) is 0. The molecule has 1 atom stereocenters. The molecule has 1 heterocycles. The Hall–Kier alpha value is -0.695. The van der Waals surface area contributed by atoms with Gasteiger partial charge >= 0.3 is 6.92 Å². The van der Waals surface area contributed by atoms with Crippen LogP contribution in [0.4, 0.5) is 0 Å². The largest absolute Gasteiger partial charge is 0.513 e. The molecule has 1 rings (SSSR count). The lowest BCUT2D eigenvalue weighted by atomic mass is 9.36. The van der Waals surface area contributed by atoms with Gasteiger partial charge in [0, 0.05) is 6.61 Å². The zero-order valence-electron chi connectivity index (χ0n) is 13.4. The van der Waals surface area contributed by atoms with Gasteiger partial charge in [-0.1, -0.05) is 40.7 Å². The van der Waals surface area contributed by atoms with Crippen LogP contribution in [-0.2, 0) is 4.65 Å². The van der Waals surface area contributed by atoms with Crippen LogP contribution in [0.25, 0.3) is 0 Å². The van der Waals surface area contributed by atoms with E-state index < -0.39 is 0 Å². The van der Waals surface area contributed by atoms with Gasteiger partial charge in [0.25, 0.3) is 0 Å². The highest BCUT2D eigenvalue weighted by Crippen LogP contribution is 2.51. The zero-order chi connectivity index (χ0) is 14.9. The topological polar surface area (TPSA) is 29.5 Å². The summed E-state index contributed by atoms with van der Waals surface area (Å²) < 4.78 is 6.14. The Labute approximate surface area is 119 Å². The fourth-order valence-electron chi connectivity index (χ4n) is 2.44. The molecule has 0 aromatic heterocycles. The molecule has 1 fully saturated rings. The van der Waals surface area contributed by atoms with Crippen LogP contribution >= 0.6 is 0 Å². The van der Waals surface area contributed by atoms with Crippen molar-refractivity contribution in [1.82, 2.24) is 0 Å². The molecular weight excluding hydrogens is 235 g/mol. The summed E-state index contributed by atoms with van der Waals surface area (Å²) in [5.74, 6) is 0.364. The number of aliphatic hydroxyl groups is 1. The molecule has 1 aliphatic heterocycles. The van der Waals surface area contributed by atoms with Crippen molar-refractivity contribution in [2.24, 2.45) is 10.8 Å². The molecule has 1 aliphatic rings. The first-order valence-corrected chi connectivity index (χ1v) is 7.15. The van der Waals surface area contributed by atoms with E-state index in [0.717, 1.165) is 19.3 Å². The number of aliphatic hydroxyl groups excluding tert-OH is 1. The normalized spacial score (nSPS) is 25.8. The maximum absolute atomic E-state index is 9.38. The molecule has 1 N–H and O–H groups in total. The molecule has 0 aliphatic carbocycles. The molecule has 0 saturated carbocycles. The van der Waals surface area contributed by atoms with E-state index in [4.69, 9.17) is 4.65 Å². The summed E-state index contributed by atoms with van der Waals surface area (Å²) in [6.45, 7) is 18.0. The van der Waals surface area contributed by atoms with Crippen LogP contribution in [-0.4, -0.2) is 18.6 Å². The first-order valence-electron chi connectivity index (χ1n) is 7.15. The third kappa shape index (κ3) is 3.44. The summed E-state index contributed by atoms with van der Waals surface area (Å²) in [5.41, 5.74) is 0.423. The smallest absolute Gasteiger partial charge is 0.303 e. The minimum atomic E-state index is -0.127. The maximum Gasteiger partial charge on any atom is 0.303 e. The van der Waals surface area contributed by atoms with Crippen molar-refractivity contribution < 1.29 is 9.76 Å². The van der Waals surface area contributed by atoms with Crippen molar-refractivity contribution in [3.63, 3.8) is 0 Å². The van der Waals surface area contributed by atoms with Gasteiger partial charge in [0.05, 0.1) is 5.76 Å². The average Bonchev–Trinajstić information content (AvgIpc) is 2.29. The predicted molar refractivity (Wildman–Crippen MR) is 83.6 cm³/mol. The second-order valence-electron chi connectivity index (χ2n) is 7.53. The van der Waals surface area contributed by atoms with E-state index in [1.165, 1.54) is 0 Å². The molecule has 3 heteroatoms. The van der Waals surface area contributed by atoms with E-state index in [2.05, 4.69) is 41.2 Å². The lowest BCUT2D eigenvalue weighted by Gasteiger charge is -2.50. The lowest BCUT2D eigenvalue weighted by molar-refractivity contribution is 0.0270. The molecule has 0 aromatic carbocycles. The van der Waals surface area contributed by atoms with E-state index in [0.29, 0.717) is 5.76 Å². The quantitative estimate of drug-likeness (QED) is 0.446. The van der Waals surface area contributed by atoms with Gasteiger partial charge in [-0.05, 0) is 41.9 Å². The fourth-order valence-corrected chi connectivity index (χ4v) is 2.44. The van der Waals surface area contributed by atoms with E-state index in [1.54, 1.807) is 6.92 Å². The predicted octanol–water partition coefficient (Wildman–Crippen LogP) is 4.86. The van der Waals surface area contributed by atoms with Crippen LogP contribution in [0.5, 0.6) is 0 Å². The Morgan fingerprint density at radius 2 is 1.95 bits per heavy atom. The standard InChI is InChI=1S/C16H29BO2/c1-8-16(7,10-9-13(2)18)17-11-14(3,4)15(5,6)12-19-17/h8-9,18H,1,10-12H2,2-7H3/b13-9+. The van der Waals surface area contributed by atoms with Crippen molar-refractivity contribution in [2.45, 2.75) is 59.6 Å². The van der Waals surface area contributed by atoms with Crippen molar-refractivity contribution in [3.05, 3.63) is 24.5 Å². The molecule has 0 bridgehead atoms. The average molecular weight is 264 g/mol. The minimum absolute atomic E-state index is 0.127. The van der Waals surface area contributed by atoms with Crippen molar-refractivity contribution in [1.29, 1.82) is 0 Å². The summed E-state index contributed by atoms with van der Waals surface area (Å²) in [4.78, 5) is 0. The summed E-state index contributed by atoms with van der Waals surface area (Å²) in [5, 5.41) is 9.25. The van der Waals surface area contributed by atoms with Gasteiger partial charge in [0.15, 0.2) is 0 Å². The highest BCUT2D eigenvalue weighted by molar-refractivity contribution is 6.56. The van der Waals surface area contributed by atoms with E-state index in [1.807, 2.05) is 12.2 Å². The van der Waals surface area contributed by atoms with Crippen LogP contribution in [0, 0.1) is 10.8 Å². The molecule has 1 saturated heterocycles. The molecule has 108 valence electrons. The van der Waals surface area contributed by atoms with Crippen LogP contribution in [0.1, 0.15) is 48.0 Å². The number of allylic oxidation sites excluding steroid dienone is 3. The SMILES string of the molecule is C=CC(C)(C/C=C(\C)O)B1CC(C)(C)C(C)(C)CO1. The van der Waals surface area contributed by atoms with Gasteiger partial charge in [0.2, 0.25) is 0 Å². The van der Waals surface area contributed by atoms with Gasteiger partial charge in [-0.3, -0.25) is 0 Å². The molecule has 2 nitrogen and oxygen atoms in total. The van der Waals surface area contributed by atoms with Crippen molar-refractivity contribution in [3.8, 4) is 0 Å². The minimum Gasteiger partial charge on any atom is -0.513 e. The monoisotopic (exact) mass is 264 g/mol. The summed E-state index contributed by atoms with van der Waals surface area (Å²) in [6, 6.07) is 0. The second-order valence-corrected chi connectivity index (χ2v) is 7.53. The van der Waals surface area contributed by atoms with Crippen molar-refractivity contribution in [2.75, 3.05) is 6.61 Å². The van der Waals surface area contributed by atoms with Crippen LogP contribution in [0.15, 0.2) is 24.5 Å². The van der Waals surface area contributed by atoms with Gasteiger partial charge in [-0.2, -0.15) is 0 Å². The fraction of sp³-hybridized carbons (Fsp3) is 0.750. The highest BCUT2D eigenvalue weighted by atomic mass is 16.4. The van der Waals surface area contributed by atoms with Gasteiger partial charge in [-0.25, -0.2) is 0 Å². The van der Waals surface area contributed by atoms with Crippen LogP contribution in [0.2, 0.25) is 11.6 Å². The molecular formula is C16H29BO2. The third-order valence-corrected chi connectivity index (χ3v) is 5.21. The van der Waals surface area contributed by atoms with Gasteiger partial charge in [0.1, 0.15) is 0 Å². The van der Waals surface area contributed by atoms with Crippen LogP contribution in [0.3, 0.4) is 0 Å². The third-order valence-electron chi connectivity index (χ3n) is 5.21. The Morgan fingerprint density at radius 3 is 2.37 bits per heavy atom. The van der Waals surface area contributed by atoms with Crippen LogP contribution < -0.4 is 0 Å². The Kier molecular flexibility index (Phi) is 4.61. The summed E-state index contributed by atoms with van der Waals surface area (Å²) in [6.07, 6.45) is 5.62. The Bertz CT molecular complexity index is 367. The number of hydrogen-bond acceptors (Lipinski definition) is 2. The molecule has 1 unspecified atom stereocenters. The molecule has 0 amide bonds. The van der Waals surface area contributed by atoms with Crippen molar-refractivity contribution >= 4 is 6.92 Å². The van der Waals surface area contributed by atoms with Gasteiger partial charge in [-0.15, -0.1) is 6.58 Å². The lowest BCUT2D eigenvalue weighted by Crippen LogP contribution is -2.50. The van der Waals surface area contributed by atoms with Gasteiger partial charge < -0.3 is 9.76 Å². The molecule has 0 radical (unpaired) electrons. The maximum atomic E-state index is 9.38. The van der Waals surface area contributed by atoms with E-state index in [-0.39, 0.29) is 23.1 Å². The summed E-state index contributed by atoms with van der Waals surface area (Å²) >= 11 is 0. The number of rotatable bonds is 4. The Morgan fingerprint density at radius 1 is 1.37 bits per heavy atom. The van der Waals surface area contributed by atoms with E-state index in [9.17, 15) is 5.11 Å². The number of hydrogen-bond donors (Lipinski definition) is 1. The first-order chi connectivity index (χ1) is 8.54. The zero-order valence-corrected chi connectivity index (χ0v) is 13.4. The Balaban J connectivity index is 2.90. The molecule has 19 heavy (non-hydrogen) atoms. The first kappa shape index (κ1) is 16.4. The van der Waals surface area contributed by atoms with E-state index >= 15 is 0 Å². The molecule has 0 aromatic rings. The highest BCUT2D eigenvalue weighted by Gasteiger charge is 2.50. The second kappa shape index (κ2) is 5.36. The molecule has 0 spiro atoms.